The zero-order chi connectivity index (χ0) is 13.4. The standard InChI is InChI=1S/C11H11F2N5/c12-8-3-1-4-9(13)11(8)10(7-14)16-5-2-6-17-18-15/h1,3-4,10,16H,2,5-6H2. The van der Waals surface area contributed by atoms with Gasteiger partial charge in [0.2, 0.25) is 0 Å². The molecule has 0 saturated carbocycles. The molecular formula is C11H11F2N5. The second-order valence-corrected chi connectivity index (χ2v) is 3.46. The lowest BCUT2D eigenvalue weighted by molar-refractivity contribution is 0.511. The van der Waals surface area contributed by atoms with Gasteiger partial charge in [-0.1, -0.05) is 11.2 Å². The first kappa shape index (κ1) is 13.9. The zero-order valence-electron chi connectivity index (χ0n) is 9.48. The monoisotopic (exact) mass is 251 g/mol. The molecule has 1 aromatic rings. The van der Waals surface area contributed by atoms with Crippen molar-refractivity contribution in [3.63, 3.8) is 0 Å². The minimum absolute atomic E-state index is 0.265. The van der Waals surface area contributed by atoms with E-state index in [-0.39, 0.29) is 12.1 Å². The van der Waals surface area contributed by atoms with Crippen LogP contribution in [0.5, 0.6) is 0 Å². The fourth-order valence-electron chi connectivity index (χ4n) is 1.44. The Hall–Kier alpha value is -2.16. The van der Waals surface area contributed by atoms with Crippen molar-refractivity contribution < 1.29 is 8.78 Å². The van der Waals surface area contributed by atoms with Crippen LogP contribution in [0.15, 0.2) is 23.3 Å². The Kier molecular flexibility index (Phi) is 5.58. The molecule has 0 radical (unpaired) electrons. The van der Waals surface area contributed by atoms with E-state index in [0.717, 1.165) is 12.1 Å². The highest BCUT2D eigenvalue weighted by Crippen LogP contribution is 2.19. The normalized spacial score (nSPS) is 11.4. The molecule has 18 heavy (non-hydrogen) atoms. The highest BCUT2D eigenvalue weighted by Gasteiger charge is 2.18. The third-order valence-electron chi connectivity index (χ3n) is 2.26. The van der Waals surface area contributed by atoms with Crippen LogP contribution in [-0.2, 0) is 0 Å². The van der Waals surface area contributed by atoms with Gasteiger partial charge in [0.15, 0.2) is 0 Å². The predicted molar refractivity (Wildman–Crippen MR) is 61.3 cm³/mol. The van der Waals surface area contributed by atoms with Gasteiger partial charge in [0, 0.05) is 11.5 Å². The highest BCUT2D eigenvalue weighted by molar-refractivity contribution is 5.27. The van der Waals surface area contributed by atoms with Crippen LogP contribution in [0.4, 0.5) is 8.78 Å². The summed E-state index contributed by atoms with van der Waals surface area (Å²) in [6, 6.07) is 4.18. The molecule has 1 aromatic carbocycles. The molecule has 1 N–H and O–H groups in total. The topological polar surface area (TPSA) is 84.6 Å². The van der Waals surface area contributed by atoms with E-state index in [9.17, 15) is 8.78 Å². The van der Waals surface area contributed by atoms with Crippen LogP contribution >= 0.6 is 0 Å². The van der Waals surface area contributed by atoms with Crippen molar-refractivity contribution in [3.8, 4) is 6.07 Å². The Morgan fingerprint density at radius 1 is 1.44 bits per heavy atom. The number of nitrogens with one attached hydrogen (secondary N) is 1. The van der Waals surface area contributed by atoms with Gasteiger partial charge in [-0.05, 0) is 30.6 Å². The number of nitrogens with zero attached hydrogens (tertiary/aromatic N) is 4. The maximum Gasteiger partial charge on any atom is 0.131 e. The molecule has 1 atom stereocenters. The van der Waals surface area contributed by atoms with Crippen molar-refractivity contribution in [1.29, 1.82) is 5.26 Å². The van der Waals surface area contributed by atoms with Crippen molar-refractivity contribution in [1.82, 2.24) is 5.32 Å². The van der Waals surface area contributed by atoms with Crippen molar-refractivity contribution in [3.05, 3.63) is 45.8 Å². The van der Waals surface area contributed by atoms with Crippen LogP contribution in [0.2, 0.25) is 0 Å². The van der Waals surface area contributed by atoms with E-state index >= 15 is 0 Å². The maximum atomic E-state index is 13.4. The average molecular weight is 251 g/mol. The summed E-state index contributed by atoms with van der Waals surface area (Å²) in [5, 5.41) is 14.9. The number of benzene rings is 1. The summed E-state index contributed by atoms with van der Waals surface area (Å²) in [5.74, 6) is -1.52. The van der Waals surface area contributed by atoms with Gasteiger partial charge in [-0.15, -0.1) is 0 Å². The molecule has 0 aliphatic rings. The lowest BCUT2D eigenvalue weighted by atomic mass is 10.1. The lowest BCUT2D eigenvalue weighted by Gasteiger charge is -2.12. The van der Waals surface area contributed by atoms with Gasteiger partial charge in [-0.25, -0.2) is 8.78 Å². The number of azide groups is 1. The molecule has 0 aliphatic heterocycles. The van der Waals surface area contributed by atoms with Crippen molar-refractivity contribution in [2.75, 3.05) is 13.1 Å². The van der Waals surface area contributed by atoms with E-state index in [4.69, 9.17) is 10.8 Å². The molecule has 0 heterocycles. The summed E-state index contributed by atoms with van der Waals surface area (Å²) in [7, 11) is 0. The van der Waals surface area contributed by atoms with E-state index in [2.05, 4.69) is 15.3 Å². The first-order chi connectivity index (χ1) is 8.70. The summed E-state index contributed by atoms with van der Waals surface area (Å²) in [4.78, 5) is 2.57. The molecule has 0 aromatic heterocycles. The minimum Gasteiger partial charge on any atom is -0.298 e. The molecule has 1 rings (SSSR count). The van der Waals surface area contributed by atoms with Crippen LogP contribution in [0.1, 0.15) is 18.0 Å². The first-order valence-electron chi connectivity index (χ1n) is 5.28. The largest absolute Gasteiger partial charge is 0.298 e. The van der Waals surface area contributed by atoms with Crippen molar-refractivity contribution in [2.24, 2.45) is 5.11 Å². The van der Waals surface area contributed by atoms with Gasteiger partial charge in [-0.3, -0.25) is 5.32 Å². The average Bonchev–Trinajstić information content (AvgIpc) is 2.36. The van der Waals surface area contributed by atoms with Gasteiger partial charge in [-0.2, -0.15) is 5.26 Å². The van der Waals surface area contributed by atoms with Crippen LogP contribution in [0.25, 0.3) is 10.4 Å². The summed E-state index contributed by atoms with van der Waals surface area (Å²) in [5.41, 5.74) is 7.77. The molecule has 0 saturated heterocycles. The molecule has 1 unspecified atom stereocenters. The number of nitriles is 1. The zero-order valence-corrected chi connectivity index (χ0v) is 9.48. The third kappa shape index (κ3) is 3.70. The SMILES string of the molecule is N#CC(NCCCN=[N+]=[N-])c1c(F)cccc1F. The minimum atomic E-state index is -1.06. The second kappa shape index (κ2) is 7.22. The molecule has 0 spiro atoms. The number of hydrogen-bond acceptors (Lipinski definition) is 3. The van der Waals surface area contributed by atoms with E-state index in [1.807, 2.05) is 0 Å². The van der Waals surface area contributed by atoms with Gasteiger partial charge in [0.1, 0.15) is 17.7 Å². The van der Waals surface area contributed by atoms with Crippen LogP contribution < -0.4 is 5.32 Å². The van der Waals surface area contributed by atoms with Gasteiger partial charge in [0.25, 0.3) is 0 Å². The van der Waals surface area contributed by atoms with Crippen LogP contribution in [0.3, 0.4) is 0 Å². The summed E-state index contributed by atoms with van der Waals surface area (Å²) < 4.78 is 26.8. The van der Waals surface area contributed by atoms with E-state index in [0.29, 0.717) is 13.0 Å². The van der Waals surface area contributed by atoms with Gasteiger partial charge >= 0.3 is 0 Å². The lowest BCUT2D eigenvalue weighted by Crippen LogP contribution is -2.23. The summed E-state index contributed by atoms with van der Waals surface area (Å²) in [6.45, 7) is 0.590. The molecule has 7 heteroatoms. The summed E-state index contributed by atoms with van der Waals surface area (Å²) in [6.07, 6.45) is 0.484. The Balaban J connectivity index is 2.67. The molecule has 94 valence electrons. The third-order valence-corrected chi connectivity index (χ3v) is 2.26. The van der Waals surface area contributed by atoms with Crippen molar-refractivity contribution in [2.45, 2.75) is 12.5 Å². The Labute approximate surface area is 103 Å². The van der Waals surface area contributed by atoms with Crippen molar-refractivity contribution >= 4 is 0 Å². The molecule has 0 aliphatic carbocycles. The van der Waals surface area contributed by atoms with Gasteiger partial charge in [0.05, 0.1) is 11.6 Å². The number of hydrogen-bond donors (Lipinski definition) is 1. The quantitative estimate of drug-likeness (QED) is 0.365. The highest BCUT2D eigenvalue weighted by atomic mass is 19.1. The van der Waals surface area contributed by atoms with Crippen LogP contribution in [-0.4, -0.2) is 13.1 Å². The first-order valence-corrected chi connectivity index (χ1v) is 5.28. The maximum absolute atomic E-state index is 13.4. The predicted octanol–water partition coefficient (Wildman–Crippen LogP) is 2.82. The van der Waals surface area contributed by atoms with E-state index in [1.165, 1.54) is 6.07 Å². The molecular weight excluding hydrogens is 240 g/mol. The molecule has 0 amide bonds. The van der Waals surface area contributed by atoms with Crippen LogP contribution in [0, 0.1) is 23.0 Å². The second-order valence-electron chi connectivity index (χ2n) is 3.46. The van der Waals surface area contributed by atoms with E-state index < -0.39 is 17.7 Å². The Morgan fingerprint density at radius 2 is 2.11 bits per heavy atom. The molecule has 5 nitrogen and oxygen atoms in total. The van der Waals surface area contributed by atoms with E-state index in [1.54, 1.807) is 6.07 Å². The number of rotatable bonds is 6. The van der Waals surface area contributed by atoms with Gasteiger partial charge < -0.3 is 0 Å². The molecule has 0 fully saturated rings. The smallest absolute Gasteiger partial charge is 0.131 e. The Morgan fingerprint density at radius 3 is 2.67 bits per heavy atom. The fourth-order valence-corrected chi connectivity index (χ4v) is 1.44. The number of halogens is 2. The fraction of sp³-hybridized carbons (Fsp3) is 0.364. The summed E-state index contributed by atoms with van der Waals surface area (Å²) >= 11 is 0. The molecule has 0 bridgehead atoms. The Bertz CT molecular complexity index is 470.